The highest BCUT2D eigenvalue weighted by Gasteiger charge is 2.47. The Kier molecular flexibility index (Phi) is 7.72. The number of ether oxygens (including phenoxy) is 4. The summed E-state index contributed by atoms with van der Waals surface area (Å²) >= 11 is 3.35. The Bertz CT molecular complexity index is 1120. The number of esters is 3. The Morgan fingerprint density at radius 1 is 0.618 bits per heavy atom. The molecule has 1 aliphatic rings. The summed E-state index contributed by atoms with van der Waals surface area (Å²) in [5.41, 5.74) is 0.953. The maximum absolute atomic E-state index is 12.9. The molecule has 0 aromatic heterocycles. The van der Waals surface area contributed by atoms with Crippen LogP contribution in [0.25, 0.3) is 0 Å². The quantitative estimate of drug-likeness (QED) is 0.268. The van der Waals surface area contributed by atoms with Crippen molar-refractivity contribution in [3.05, 3.63) is 108 Å². The summed E-state index contributed by atoms with van der Waals surface area (Å²) in [5.74, 6) is -1.89. The molecule has 8 heteroatoms. The molecule has 1 aliphatic heterocycles. The van der Waals surface area contributed by atoms with Gasteiger partial charge in [0.05, 0.1) is 23.3 Å². The Hall–Kier alpha value is -3.49. The molecule has 3 aromatic rings. The zero-order valence-electron chi connectivity index (χ0n) is 17.9. The number of benzene rings is 3. The van der Waals surface area contributed by atoms with E-state index >= 15 is 0 Å². The third-order valence-corrected chi connectivity index (χ3v) is 5.93. The van der Waals surface area contributed by atoms with Gasteiger partial charge in [-0.05, 0) is 36.4 Å². The topological polar surface area (TPSA) is 88.1 Å². The first-order valence-electron chi connectivity index (χ1n) is 10.6. The molecule has 4 rings (SSSR count). The Morgan fingerprint density at radius 3 is 1.44 bits per heavy atom. The van der Waals surface area contributed by atoms with Crippen molar-refractivity contribution in [1.82, 2.24) is 0 Å². The second kappa shape index (κ2) is 11.1. The monoisotopic (exact) mass is 524 g/mol. The molecule has 174 valence electrons. The molecule has 0 N–H and O–H groups in total. The Balaban J connectivity index is 1.59. The largest absolute Gasteiger partial charge is 0.452 e. The molecular weight excluding hydrogens is 504 g/mol. The summed E-state index contributed by atoms with van der Waals surface area (Å²) in [4.78, 5) is 38.3. The third-order valence-electron chi connectivity index (χ3n) is 5.14. The fraction of sp³-hybridized carbons (Fsp3) is 0.192. The molecule has 0 radical (unpaired) electrons. The number of carbonyl (C=O) groups is 3. The van der Waals surface area contributed by atoms with E-state index in [1.165, 1.54) is 0 Å². The molecule has 1 fully saturated rings. The van der Waals surface area contributed by atoms with E-state index < -0.39 is 41.2 Å². The molecule has 4 atom stereocenters. The van der Waals surface area contributed by atoms with Crippen molar-refractivity contribution < 1.29 is 33.3 Å². The summed E-state index contributed by atoms with van der Waals surface area (Å²) in [6.07, 6.45) is -3.21. The van der Waals surface area contributed by atoms with Crippen molar-refractivity contribution in [2.75, 3.05) is 6.61 Å². The lowest BCUT2D eigenvalue weighted by Gasteiger charge is -2.38. The van der Waals surface area contributed by atoms with Crippen LogP contribution in [0, 0.1) is 0 Å². The van der Waals surface area contributed by atoms with E-state index in [1.807, 2.05) is 0 Å². The van der Waals surface area contributed by atoms with Gasteiger partial charge in [-0.25, -0.2) is 14.4 Å². The highest BCUT2D eigenvalue weighted by atomic mass is 79.9. The predicted octanol–water partition coefficient (Wildman–Crippen LogP) is 4.41. The average molecular weight is 525 g/mol. The van der Waals surface area contributed by atoms with E-state index in [9.17, 15) is 14.4 Å². The molecule has 3 aromatic carbocycles. The molecule has 0 aliphatic carbocycles. The first-order valence-corrected chi connectivity index (χ1v) is 11.5. The van der Waals surface area contributed by atoms with Gasteiger partial charge in [-0.3, -0.25) is 0 Å². The Labute approximate surface area is 204 Å². The summed E-state index contributed by atoms with van der Waals surface area (Å²) in [6.45, 7) is -0.0688. The lowest BCUT2D eigenvalue weighted by atomic mass is 10.0. The van der Waals surface area contributed by atoms with E-state index in [1.54, 1.807) is 91.0 Å². The minimum atomic E-state index is -1.12. The highest BCUT2D eigenvalue weighted by Crippen LogP contribution is 2.29. The predicted molar refractivity (Wildman–Crippen MR) is 126 cm³/mol. The Morgan fingerprint density at radius 2 is 1.00 bits per heavy atom. The summed E-state index contributed by atoms with van der Waals surface area (Å²) < 4.78 is 22.7. The minimum absolute atomic E-state index is 0.0688. The highest BCUT2D eigenvalue weighted by molar-refractivity contribution is 9.09. The summed E-state index contributed by atoms with van der Waals surface area (Å²) in [5, 5.41) is -0.791. The van der Waals surface area contributed by atoms with Crippen molar-refractivity contribution in [2.24, 2.45) is 0 Å². The average Bonchev–Trinajstić information content (AvgIpc) is 2.89. The summed E-state index contributed by atoms with van der Waals surface area (Å²) in [7, 11) is 0. The molecule has 1 saturated heterocycles. The molecule has 0 amide bonds. The number of halogens is 1. The van der Waals surface area contributed by atoms with Gasteiger partial charge in [0.15, 0.2) is 23.3 Å². The number of hydrogen-bond acceptors (Lipinski definition) is 7. The number of rotatable bonds is 6. The van der Waals surface area contributed by atoms with Crippen molar-refractivity contribution in [3.63, 3.8) is 0 Å². The first-order chi connectivity index (χ1) is 16.5. The van der Waals surface area contributed by atoms with E-state index in [0.717, 1.165) is 0 Å². The van der Waals surface area contributed by atoms with Crippen molar-refractivity contribution in [2.45, 2.75) is 23.3 Å². The fourth-order valence-electron chi connectivity index (χ4n) is 3.41. The van der Waals surface area contributed by atoms with Crippen LogP contribution in [0.4, 0.5) is 0 Å². The lowest BCUT2D eigenvalue weighted by Crippen LogP contribution is -2.56. The van der Waals surface area contributed by atoms with Gasteiger partial charge in [0.25, 0.3) is 0 Å². The van der Waals surface area contributed by atoms with Crippen LogP contribution in [0.2, 0.25) is 0 Å². The van der Waals surface area contributed by atoms with Gasteiger partial charge in [-0.2, -0.15) is 0 Å². The molecule has 0 spiro atoms. The van der Waals surface area contributed by atoms with E-state index in [2.05, 4.69) is 15.9 Å². The third kappa shape index (κ3) is 5.70. The van der Waals surface area contributed by atoms with E-state index in [0.29, 0.717) is 16.7 Å². The van der Waals surface area contributed by atoms with Crippen LogP contribution in [-0.2, 0) is 18.9 Å². The first kappa shape index (κ1) is 23.7. The zero-order chi connectivity index (χ0) is 23.9. The zero-order valence-corrected chi connectivity index (χ0v) is 19.5. The van der Waals surface area contributed by atoms with Crippen molar-refractivity contribution >= 4 is 33.8 Å². The van der Waals surface area contributed by atoms with Crippen LogP contribution >= 0.6 is 15.9 Å². The molecule has 0 saturated carbocycles. The summed E-state index contributed by atoms with van der Waals surface area (Å²) in [6, 6.07) is 25.2. The minimum Gasteiger partial charge on any atom is -0.452 e. The van der Waals surface area contributed by atoms with Crippen LogP contribution in [0.1, 0.15) is 31.1 Å². The second-order valence-electron chi connectivity index (χ2n) is 7.47. The van der Waals surface area contributed by atoms with E-state index in [-0.39, 0.29) is 6.61 Å². The van der Waals surface area contributed by atoms with Gasteiger partial charge < -0.3 is 18.9 Å². The molecule has 1 heterocycles. The molecule has 34 heavy (non-hydrogen) atoms. The van der Waals surface area contributed by atoms with Crippen LogP contribution in [0.5, 0.6) is 0 Å². The number of hydrogen-bond donors (Lipinski definition) is 0. The molecule has 7 nitrogen and oxygen atoms in total. The van der Waals surface area contributed by atoms with Gasteiger partial charge in [0.2, 0.25) is 0 Å². The number of alkyl halides is 1. The van der Waals surface area contributed by atoms with Crippen LogP contribution in [0.15, 0.2) is 91.0 Å². The normalized spacial score (nSPS) is 21.8. The van der Waals surface area contributed by atoms with Gasteiger partial charge >= 0.3 is 17.9 Å². The van der Waals surface area contributed by atoms with Crippen molar-refractivity contribution in [1.29, 1.82) is 0 Å². The SMILES string of the molecule is O=C(O[C@H]1[C@H](OC(=O)c2ccccc2)[C@H](OC(=O)c2ccccc2)CO[C@H]1Br)c1ccccc1. The van der Waals surface area contributed by atoms with Gasteiger partial charge in [0, 0.05) is 0 Å². The lowest BCUT2D eigenvalue weighted by molar-refractivity contribution is -0.165. The van der Waals surface area contributed by atoms with Crippen molar-refractivity contribution in [3.8, 4) is 0 Å². The molecule has 0 unspecified atom stereocenters. The van der Waals surface area contributed by atoms with Gasteiger partial charge in [0.1, 0.15) is 0 Å². The fourth-order valence-corrected chi connectivity index (χ4v) is 3.97. The van der Waals surface area contributed by atoms with Crippen LogP contribution in [0.3, 0.4) is 0 Å². The van der Waals surface area contributed by atoms with Gasteiger partial charge in [-0.15, -0.1) is 0 Å². The van der Waals surface area contributed by atoms with E-state index in [4.69, 9.17) is 18.9 Å². The standard InChI is InChI=1S/C26H21BrO7/c27-23-22(34-26(30)19-14-8-3-9-15-19)21(33-25(29)18-12-6-2-7-13-18)20(16-31-23)32-24(28)17-10-4-1-5-11-17/h1-15,20-23H,16H2/t20-,21-,22+,23-/m1/s1. The molecule has 0 bridgehead atoms. The molecular formula is C26H21BrO7. The number of carbonyl (C=O) groups excluding carboxylic acids is 3. The second-order valence-corrected chi connectivity index (χ2v) is 8.37. The van der Waals surface area contributed by atoms with Crippen LogP contribution < -0.4 is 0 Å². The maximum Gasteiger partial charge on any atom is 0.338 e. The maximum atomic E-state index is 12.9. The van der Waals surface area contributed by atoms with Crippen LogP contribution in [-0.4, -0.2) is 47.8 Å². The smallest absolute Gasteiger partial charge is 0.338 e. The van der Waals surface area contributed by atoms with Gasteiger partial charge in [-0.1, -0.05) is 70.5 Å².